The standard InChI is InChI=1S/C19H36O8.C7H12O6.C2H6.CH4O.CH4/c1-4-24-10-15-6-14(18(21)16(7-20)27-15)9-25-11-17-19(22)13(8-23-3)5-12(2)26-17;8-2-5-3(9)1-4(10)6(13-5)7(11)12;2*1-2;/h12-22H,4-11H2,1-3H3;3-6,8-10H,1-2H2,(H,11,12);1-2H3;2H,1H3;1H4/t12?,13-,14-,15+,16?,17-,18-,19?;3?,4-,5-,6?;;;/m11.../s1. The number of carboxylic acid groups (broad SMARTS) is 1. The Labute approximate surface area is 268 Å². The average Bonchev–Trinajstić information content (AvgIpc) is 3.01. The number of aliphatic carboxylic acids is 1. The van der Waals surface area contributed by atoms with Gasteiger partial charge >= 0.3 is 5.97 Å². The number of aliphatic hydroxyl groups is 7. The number of carbonyl (C=O) groups is 1. The third-order valence-corrected chi connectivity index (χ3v) is 7.39. The van der Waals surface area contributed by atoms with E-state index in [1.807, 2.05) is 27.7 Å². The van der Waals surface area contributed by atoms with Crippen molar-refractivity contribution in [3.05, 3.63) is 0 Å². The fraction of sp³-hybridized carbons (Fsp3) is 0.967. The second-order valence-corrected chi connectivity index (χ2v) is 10.6. The van der Waals surface area contributed by atoms with Crippen LogP contribution in [0.25, 0.3) is 0 Å². The van der Waals surface area contributed by atoms with E-state index in [0.29, 0.717) is 32.8 Å². The van der Waals surface area contributed by atoms with Crippen molar-refractivity contribution < 1.29 is 74.1 Å². The molecule has 0 aromatic rings. The number of rotatable bonds is 12. The monoisotopic (exact) mass is 662 g/mol. The van der Waals surface area contributed by atoms with E-state index in [2.05, 4.69) is 0 Å². The summed E-state index contributed by atoms with van der Waals surface area (Å²) in [5.41, 5.74) is 0. The maximum atomic E-state index is 10.5. The Kier molecular flexibility index (Phi) is 26.6. The highest BCUT2D eigenvalue weighted by atomic mass is 16.6. The van der Waals surface area contributed by atoms with Crippen LogP contribution in [0.5, 0.6) is 0 Å². The highest BCUT2D eigenvalue weighted by Gasteiger charge is 2.41. The number of aliphatic hydroxyl groups excluding tert-OH is 7. The first-order valence-electron chi connectivity index (χ1n) is 15.3. The van der Waals surface area contributed by atoms with Gasteiger partial charge in [0.05, 0.1) is 76.3 Å². The van der Waals surface area contributed by atoms with Crippen molar-refractivity contribution in [3.8, 4) is 0 Å². The van der Waals surface area contributed by atoms with Gasteiger partial charge in [-0.25, -0.2) is 4.79 Å². The minimum atomic E-state index is -1.36. The van der Waals surface area contributed by atoms with Crippen molar-refractivity contribution in [2.75, 3.05) is 60.5 Å². The van der Waals surface area contributed by atoms with Gasteiger partial charge in [0.15, 0.2) is 6.10 Å². The molecule has 0 spiro atoms. The van der Waals surface area contributed by atoms with Gasteiger partial charge in [-0.3, -0.25) is 0 Å². The van der Waals surface area contributed by atoms with E-state index in [1.165, 1.54) is 0 Å². The molecule has 3 rings (SSSR count). The summed E-state index contributed by atoms with van der Waals surface area (Å²) in [6.07, 6.45) is -5.93. The Hall–Kier alpha value is -1.05. The number of methoxy groups -OCH3 is 1. The Morgan fingerprint density at radius 2 is 1.33 bits per heavy atom. The molecule has 0 aromatic heterocycles. The molecule has 15 heteroatoms. The molecule has 3 heterocycles. The molecule has 45 heavy (non-hydrogen) atoms. The zero-order valence-electron chi connectivity index (χ0n) is 26.9. The molecule has 0 saturated carbocycles. The highest BCUT2D eigenvalue weighted by molar-refractivity contribution is 5.73. The summed E-state index contributed by atoms with van der Waals surface area (Å²) in [5, 5.41) is 73.0. The summed E-state index contributed by atoms with van der Waals surface area (Å²) in [5.74, 6) is -1.44. The lowest BCUT2D eigenvalue weighted by Gasteiger charge is -2.40. The van der Waals surface area contributed by atoms with Crippen LogP contribution in [0.2, 0.25) is 0 Å². The van der Waals surface area contributed by atoms with Crippen LogP contribution in [0.1, 0.15) is 54.4 Å². The summed E-state index contributed by atoms with van der Waals surface area (Å²) in [7, 11) is 2.63. The predicted molar refractivity (Wildman–Crippen MR) is 164 cm³/mol. The lowest BCUT2D eigenvalue weighted by Crippen LogP contribution is -2.51. The first kappa shape index (κ1) is 46.1. The fourth-order valence-electron chi connectivity index (χ4n) is 5.28. The van der Waals surface area contributed by atoms with E-state index >= 15 is 0 Å². The molecule has 3 aliphatic rings. The Morgan fingerprint density at radius 1 is 0.756 bits per heavy atom. The zero-order valence-corrected chi connectivity index (χ0v) is 26.9. The Bertz CT molecular complexity index is 717. The lowest BCUT2D eigenvalue weighted by atomic mass is 9.89. The fourth-order valence-corrected chi connectivity index (χ4v) is 5.28. The molecule has 3 aliphatic heterocycles. The molecule has 3 saturated heterocycles. The van der Waals surface area contributed by atoms with Crippen molar-refractivity contribution in [1.29, 1.82) is 0 Å². The van der Waals surface area contributed by atoms with Crippen LogP contribution >= 0.6 is 0 Å². The van der Waals surface area contributed by atoms with Gasteiger partial charge in [-0.15, -0.1) is 0 Å². The van der Waals surface area contributed by atoms with Crippen LogP contribution in [0.15, 0.2) is 0 Å². The maximum absolute atomic E-state index is 10.5. The van der Waals surface area contributed by atoms with Crippen molar-refractivity contribution in [1.82, 2.24) is 0 Å². The van der Waals surface area contributed by atoms with E-state index in [9.17, 15) is 30.3 Å². The largest absolute Gasteiger partial charge is 0.479 e. The van der Waals surface area contributed by atoms with Crippen molar-refractivity contribution in [3.63, 3.8) is 0 Å². The molecule has 0 bridgehead atoms. The molecule has 15 nitrogen and oxygen atoms in total. The van der Waals surface area contributed by atoms with Gasteiger partial charge in [0.25, 0.3) is 0 Å². The van der Waals surface area contributed by atoms with Crippen LogP contribution in [0, 0.1) is 11.8 Å². The molecule has 3 fully saturated rings. The molecular formula is C30H62O15. The van der Waals surface area contributed by atoms with Crippen LogP contribution in [-0.4, -0.2) is 168 Å². The number of hydrogen-bond acceptors (Lipinski definition) is 14. The minimum Gasteiger partial charge on any atom is -0.479 e. The molecule has 0 radical (unpaired) electrons. The molecule has 12 atom stereocenters. The molecule has 0 aromatic carbocycles. The van der Waals surface area contributed by atoms with E-state index in [4.69, 9.17) is 43.7 Å². The van der Waals surface area contributed by atoms with Gasteiger partial charge in [-0.1, -0.05) is 21.3 Å². The summed E-state index contributed by atoms with van der Waals surface area (Å²) >= 11 is 0. The topological polar surface area (TPSA) is 234 Å². The van der Waals surface area contributed by atoms with Gasteiger partial charge in [0.1, 0.15) is 18.3 Å². The van der Waals surface area contributed by atoms with Crippen LogP contribution in [0.3, 0.4) is 0 Å². The smallest absolute Gasteiger partial charge is 0.335 e. The number of hydrogen-bond donors (Lipinski definition) is 8. The second kappa shape index (κ2) is 26.0. The number of ether oxygens (including phenoxy) is 6. The van der Waals surface area contributed by atoms with E-state index in [0.717, 1.165) is 13.5 Å². The Balaban J connectivity index is 0. The summed E-state index contributed by atoms with van der Waals surface area (Å²) in [6.45, 7) is 9.24. The average molecular weight is 663 g/mol. The van der Waals surface area contributed by atoms with Gasteiger partial charge in [0.2, 0.25) is 0 Å². The summed E-state index contributed by atoms with van der Waals surface area (Å²) < 4.78 is 32.7. The second-order valence-electron chi connectivity index (χ2n) is 10.6. The van der Waals surface area contributed by atoms with Gasteiger partial charge in [-0.2, -0.15) is 0 Å². The predicted octanol–water partition coefficient (Wildman–Crippen LogP) is -0.819. The van der Waals surface area contributed by atoms with Crippen molar-refractivity contribution in [2.45, 2.75) is 115 Å². The Morgan fingerprint density at radius 3 is 1.87 bits per heavy atom. The van der Waals surface area contributed by atoms with Crippen molar-refractivity contribution in [2.24, 2.45) is 11.8 Å². The first-order chi connectivity index (χ1) is 21.1. The molecule has 5 unspecified atom stereocenters. The summed E-state index contributed by atoms with van der Waals surface area (Å²) in [6, 6.07) is 0. The maximum Gasteiger partial charge on any atom is 0.335 e. The SMILES string of the molecule is C.CC.CCOC[C@@H]1C[C@H](COC[C@H]2OC(C)C[C@H](COC)C2O)[C@@H](O)C(CO)O1.CO.O=C(O)C1O[C@H](CO)C(O)C[C@H]1O. The van der Waals surface area contributed by atoms with Crippen LogP contribution in [-0.2, 0) is 33.2 Å². The van der Waals surface area contributed by atoms with Crippen LogP contribution < -0.4 is 0 Å². The molecular weight excluding hydrogens is 600 g/mol. The zero-order chi connectivity index (χ0) is 33.8. The lowest BCUT2D eigenvalue weighted by molar-refractivity contribution is -0.197. The van der Waals surface area contributed by atoms with Gasteiger partial charge in [-0.05, 0) is 26.7 Å². The minimum absolute atomic E-state index is 0. The van der Waals surface area contributed by atoms with E-state index in [-0.39, 0.29) is 51.1 Å². The highest BCUT2D eigenvalue weighted by Crippen LogP contribution is 2.29. The van der Waals surface area contributed by atoms with Gasteiger partial charge in [0, 0.05) is 39.1 Å². The molecule has 0 aliphatic carbocycles. The number of carboxylic acids is 1. The van der Waals surface area contributed by atoms with E-state index in [1.54, 1.807) is 7.11 Å². The normalized spacial score (nSPS) is 36.0. The van der Waals surface area contributed by atoms with E-state index < -0.39 is 61.4 Å². The third-order valence-electron chi connectivity index (χ3n) is 7.39. The van der Waals surface area contributed by atoms with Crippen LogP contribution in [0.4, 0.5) is 0 Å². The molecule has 272 valence electrons. The molecule has 8 N–H and O–H groups in total. The molecule has 0 amide bonds. The summed E-state index contributed by atoms with van der Waals surface area (Å²) in [4.78, 5) is 10.5. The third kappa shape index (κ3) is 15.6. The van der Waals surface area contributed by atoms with Gasteiger partial charge < -0.3 is 69.3 Å². The quantitative estimate of drug-likeness (QED) is 0.128. The first-order valence-corrected chi connectivity index (χ1v) is 15.3. The van der Waals surface area contributed by atoms with Crippen molar-refractivity contribution >= 4 is 5.97 Å².